The molecule has 1 unspecified atom stereocenters. The van der Waals surface area contributed by atoms with Crippen molar-refractivity contribution in [3.8, 4) is 0 Å². The molecule has 0 bridgehead atoms. The first-order valence-corrected chi connectivity index (χ1v) is 4.82. The smallest absolute Gasteiger partial charge is 0.0669 e. The first kappa shape index (κ1) is 8.63. The number of allylic oxidation sites excluding steroid dienone is 2. The van der Waals surface area contributed by atoms with Crippen molar-refractivity contribution in [2.45, 2.75) is 18.9 Å². The summed E-state index contributed by atoms with van der Waals surface area (Å²) in [6, 6.07) is 0.525. The van der Waals surface area contributed by atoms with E-state index in [1.165, 1.54) is 12.8 Å². The van der Waals surface area contributed by atoms with Crippen LogP contribution in [0.2, 0.25) is 0 Å². The third-order valence-corrected chi connectivity index (χ3v) is 2.56. The van der Waals surface area contributed by atoms with Gasteiger partial charge in [0, 0.05) is 12.3 Å². The highest BCUT2D eigenvalue weighted by Gasteiger charge is 2.20. The van der Waals surface area contributed by atoms with Gasteiger partial charge in [-0.05, 0) is 31.2 Å². The fourth-order valence-electron chi connectivity index (χ4n) is 1.83. The summed E-state index contributed by atoms with van der Waals surface area (Å²) in [5.74, 6) is 0. The molecule has 2 heterocycles. The van der Waals surface area contributed by atoms with E-state index in [4.69, 9.17) is 10.5 Å². The topological polar surface area (TPSA) is 38.5 Å². The van der Waals surface area contributed by atoms with Crippen molar-refractivity contribution < 1.29 is 4.74 Å². The number of nitrogens with zero attached hydrogens (tertiary/aromatic N) is 1. The Morgan fingerprint density at radius 3 is 3.15 bits per heavy atom. The normalized spacial score (nSPS) is 28.8. The van der Waals surface area contributed by atoms with Crippen LogP contribution in [-0.4, -0.2) is 30.7 Å². The van der Waals surface area contributed by atoms with E-state index in [0.717, 1.165) is 25.5 Å². The molecule has 0 aromatic heterocycles. The lowest BCUT2D eigenvalue weighted by Gasteiger charge is -2.34. The maximum Gasteiger partial charge on any atom is 0.0669 e. The van der Waals surface area contributed by atoms with Crippen molar-refractivity contribution in [1.29, 1.82) is 0 Å². The Morgan fingerprint density at radius 2 is 2.46 bits per heavy atom. The van der Waals surface area contributed by atoms with Gasteiger partial charge in [0.15, 0.2) is 0 Å². The highest BCUT2D eigenvalue weighted by molar-refractivity contribution is 5.16. The Labute approximate surface area is 78.8 Å². The average molecular weight is 180 g/mol. The number of hydrogen-bond donors (Lipinski definition) is 1. The Morgan fingerprint density at radius 1 is 1.54 bits per heavy atom. The fraction of sp³-hybridized carbons (Fsp3) is 0.600. The Hall–Kier alpha value is -0.960. The van der Waals surface area contributed by atoms with Crippen LogP contribution < -0.4 is 5.73 Å². The van der Waals surface area contributed by atoms with E-state index in [-0.39, 0.29) is 0 Å². The zero-order valence-electron chi connectivity index (χ0n) is 7.78. The van der Waals surface area contributed by atoms with Gasteiger partial charge in [0.1, 0.15) is 0 Å². The van der Waals surface area contributed by atoms with Gasteiger partial charge in [0.25, 0.3) is 0 Å². The van der Waals surface area contributed by atoms with Crippen LogP contribution >= 0.6 is 0 Å². The minimum absolute atomic E-state index is 0.525. The molecule has 2 aliphatic rings. The summed E-state index contributed by atoms with van der Waals surface area (Å²) in [5, 5.41) is 0. The van der Waals surface area contributed by atoms with Gasteiger partial charge >= 0.3 is 0 Å². The van der Waals surface area contributed by atoms with E-state index >= 15 is 0 Å². The Bertz CT molecular complexity index is 229. The molecule has 0 amide bonds. The lowest BCUT2D eigenvalue weighted by molar-refractivity contribution is 0.0371. The molecule has 72 valence electrons. The molecule has 2 aliphatic heterocycles. The van der Waals surface area contributed by atoms with Gasteiger partial charge in [-0.1, -0.05) is 0 Å². The number of hydrogen-bond acceptors (Lipinski definition) is 3. The zero-order valence-corrected chi connectivity index (χ0v) is 7.78. The maximum atomic E-state index is 5.76. The molecule has 1 atom stereocenters. The zero-order chi connectivity index (χ0) is 9.10. The third-order valence-electron chi connectivity index (χ3n) is 2.56. The van der Waals surface area contributed by atoms with E-state index < -0.39 is 0 Å². The van der Waals surface area contributed by atoms with Crippen LogP contribution in [0.25, 0.3) is 0 Å². The summed E-state index contributed by atoms with van der Waals surface area (Å²) in [7, 11) is 0. The fourth-order valence-corrected chi connectivity index (χ4v) is 1.83. The largest absolute Gasteiger partial charge is 0.401 e. The van der Waals surface area contributed by atoms with Crippen LogP contribution in [0.5, 0.6) is 0 Å². The molecule has 1 saturated heterocycles. The highest BCUT2D eigenvalue weighted by Crippen LogP contribution is 2.16. The van der Waals surface area contributed by atoms with Crippen molar-refractivity contribution in [1.82, 2.24) is 4.90 Å². The highest BCUT2D eigenvalue weighted by atomic mass is 16.5. The summed E-state index contributed by atoms with van der Waals surface area (Å²) in [5.41, 5.74) is 6.70. The van der Waals surface area contributed by atoms with Crippen molar-refractivity contribution in [2.75, 3.05) is 19.8 Å². The molecule has 2 N–H and O–H groups in total. The van der Waals surface area contributed by atoms with Gasteiger partial charge in [-0.2, -0.15) is 0 Å². The van der Waals surface area contributed by atoms with Gasteiger partial charge < -0.3 is 15.4 Å². The minimum atomic E-state index is 0.525. The van der Waals surface area contributed by atoms with Crippen molar-refractivity contribution >= 4 is 0 Å². The quantitative estimate of drug-likeness (QED) is 0.649. The molecule has 1 fully saturated rings. The lowest BCUT2D eigenvalue weighted by atomic mass is 10.1. The van der Waals surface area contributed by atoms with Crippen LogP contribution in [-0.2, 0) is 4.74 Å². The first-order chi connectivity index (χ1) is 6.36. The van der Waals surface area contributed by atoms with E-state index in [2.05, 4.69) is 11.1 Å². The molecule has 2 rings (SSSR count). The van der Waals surface area contributed by atoms with Crippen molar-refractivity contribution in [2.24, 2.45) is 5.73 Å². The molecular weight excluding hydrogens is 164 g/mol. The maximum absolute atomic E-state index is 5.76. The molecule has 13 heavy (non-hydrogen) atoms. The molecule has 0 radical (unpaired) electrons. The van der Waals surface area contributed by atoms with Crippen molar-refractivity contribution in [3.05, 3.63) is 24.0 Å². The summed E-state index contributed by atoms with van der Waals surface area (Å²) >= 11 is 0. The predicted octanol–water partition coefficient (Wildman–Crippen LogP) is 0.837. The summed E-state index contributed by atoms with van der Waals surface area (Å²) in [6.45, 7) is 2.61. The second-order valence-electron chi connectivity index (χ2n) is 3.63. The predicted molar refractivity (Wildman–Crippen MR) is 52.0 cm³/mol. The number of rotatable bonds is 1. The second-order valence-corrected chi connectivity index (χ2v) is 3.63. The van der Waals surface area contributed by atoms with Crippen LogP contribution in [0.1, 0.15) is 12.8 Å². The molecular formula is C10H16N2O. The van der Waals surface area contributed by atoms with Crippen LogP contribution in [0.3, 0.4) is 0 Å². The van der Waals surface area contributed by atoms with Crippen molar-refractivity contribution in [3.63, 3.8) is 0 Å². The molecule has 0 saturated carbocycles. The Balaban J connectivity index is 1.93. The van der Waals surface area contributed by atoms with Gasteiger partial charge in [0.2, 0.25) is 0 Å². The van der Waals surface area contributed by atoms with Crippen LogP contribution in [0.15, 0.2) is 24.0 Å². The summed E-state index contributed by atoms with van der Waals surface area (Å²) in [6.07, 6.45) is 8.46. The minimum Gasteiger partial charge on any atom is -0.401 e. The lowest BCUT2D eigenvalue weighted by Crippen LogP contribution is -2.40. The second kappa shape index (κ2) is 3.83. The van der Waals surface area contributed by atoms with E-state index in [1.54, 1.807) is 0 Å². The van der Waals surface area contributed by atoms with Crippen LogP contribution in [0.4, 0.5) is 0 Å². The monoisotopic (exact) mass is 180 g/mol. The average Bonchev–Trinajstić information content (AvgIpc) is 2.19. The van der Waals surface area contributed by atoms with Crippen LogP contribution in [0, 0.1) is 0 Å². The van der Waals surface area contributed by atoms with E-state index in [9.17, 15) is 0 Å². The standard InChI is InChI=1S/C10H16N2O/c11-9-3-1-5-12(7-9)10-4-2-6-13-8-10/h1,3,5,10H,2,4,6-8,11H2. The number of ether oxygens (including phenoxy) is 1. The number of nitrogens with two attached hydrogens (primary N) is 1. The van der Waals surface area contributed by atoms with Gasteiger partial charge in [-0.3, -0.25) is 0 Å². The van der Waals surface area contributed by atoms with Gasteiger partial charge in [0.05, 0.1) is 19.2 Å². The van der Waals surface area contributed by atoms with E-state index in [1.807, 2.05) is 12.2 Å². The third kappa shape index (κ3) is 2.04. The van der Waals surface area contributed by atoms with E-state index in [0.29, 0.717) is 6.04 Å². The molecule has 0 spiro atoms. The molecule has 3 heteroatoms. The molecule has 0 aliphatic carbocycles. The Kier molecular flexibility index (Phi) is 2.54. The molecule has 0 aromatic rings. The summed E-state index contributed by atoms with van der Waals surface area (Å²) in [4.78, 5) is 2.27. The SMILES string of the molecule is NC1=CC=CN(C2CCCOC2)C1. The first-order valence-electron chi connectivity index (χ1n) is 4.82. The molecule has 3 nitrogen and oxygen atoms in total. The summed E-state index contributed by atoms with van der Waals surface area (Å²) < 4.78 is 5.43. The van der Waals surface area contributed by atoms with Gasteiger partial charge in [-0.25, -0.2) is 0 Å². The molecule has 0 aromatic carbocycles. The van der Waals surface area contributed by atoms with Gasteiger partial charge in [-0.15, -0.1) is 0 Å².